The normalized spacial score (nSPS) is 11.1. The van der Waals surface area contributed by atoms with Gasteiger partial charge in [0.05, 0.1) is 6.54 Å². The molecule has 0 aliphatic heterocycles. The van der Waals surface area contributed by atoms with Crippen LogP contribution in [0.1, 0.15) is 92.6 Å². The van der Waals surface area contributed by atoms with Crippen molar-refractivity contribution in [1.29, 1.82) is 0 Å². The van der Waals surface area contributed by atoms with Gasteiger partial charge in [-0.2, -0.15) is 5.06 Å². The van der Waals surface area contributed by atoms with Crippen LogP contribution < -0.4 is 5.32 Å². The third-order valence-electron chi connectivity index (χ3n) is 6.12. The highest BCUT2D eigenvalue weighted by Gasteiger charge is 2.14. The number of hydrogen-bond acceptors (Lipinski definition) is 4. The molecule has 0 radical (unpaired) electrons. The van der Waals surface area contributed by atoms with Crippen LogP contribution in [0.15, 0.2) is 46.9 Å². The molecule has 37 heavy (non-hydrogen) atoms. The molecule has 0 aliphatic rings. The first-order chi connectivity index (χ1) is 17.9. The second-order valence-corrected chi connectivity index (χ2v) is 11.4. The second-order valence-electron chi connectivity index (χ2n) is 9.34. The van der Waals surface area contributed by atoms with Crippen molar-refractivity contribution in [1.82, 2.24) is 10.4 Å². The van der Waals surface area contributed by atoms with Gasteiger partial charge in [-0.3, -0.25) is 9.63 Å². The van der Waals surface area contributed by atoms with Gasteiger partial charge in [0.2, 0.25) is 0 Å². The Morgan fingerprint density at radius 3 is 2.14 bits per heavy atom. The Hall–Kier alpha value is -1.49. The van der Waals surface area contributed by atoms with Gasteiger partial charge in [-0.05, 0) is 64.4 Å². The third-order valence-corrected chi connectivity index (χ3v) is 7.58. The first kappa shape index (κ1) is 31.7. The summed E-state index contributed by atoms with van der Waals surface area (Å²) in [6, 6.07) is 13.5. The second kappa shape index (κ2) is 18.7. The maximum atomic E-state index is 12.6. The summed E-state index contributed by atoms with van der Waals surface area (Å²) in [5, 5.41) is 13.7. The lowest BCUT2D eigenvalue weighted by atomic mass is 10.1. The molecule has 0 saturated heterocycles. The van der Waals surface area contributed by atoms with Gasteiger partial charge in [0.1, 0.15) is 0 Å². The van der Waals surface area contributed by atoms with E-state index >= 15 is 0 Å². The number of carboxylic acids is 1. The monoisotopic (exact) mass is 686 g/mol. The van der Waals surface area contributed by atoms with Gasteiger partial charge >= 0.3 is 5.97 Å². The summed E-state index contributed by atoms with van der Waals surface area (Å²) in [4.78, 5) is 29.2. The summed E-state index contributed by atoms with van der Waals surface area (Å²) < 4.78 is 1.91. The Kier molecular flexibility index (Phi) is 16.0. The van der Waals surface area contributed by atoms with E-state index in [9.17, 15) is 9.59 Å². The van der Waals surface area contributed by atoms with E-state index < -0.39 is 12.6 Å². The number of aliphatic carboxylic acids is 1. The first-order valence-corrected chi connectivity index (χ1v) is 15.2. The fraction of sp³-hybridized carbons (Fsp3) is 0.517. The molecule has 0 aliphatic carbocycles. The Morgan fingerprint density at radius 1 is 0.919 bits per heavy atom. The number of nitrogens with one attached hydrogen (secondary N) is 1. The molecule has 0 saturated carbocycles. The van der Waals surface area contributed by atoms with Gasteiger partial charge in [0, 0.05) is 26.7 Å². The van der Waals surface area contributed by atoms with E-state index in [2.05, 4.69) is 50.8 Å². The van der Waals surface area contributed by atoms with Crippen LogP contribution >= 0.6 is 38.5 Å². The van der Waals surface area contributed by atoms with Crippen LogP contribution in [0.2, 0.25) is 0 Å². The SMILES string of the molecule is CCCCCCCCCCCCNC(=O)c1ccc(CN(Cc2ccc(I)cc2)OCC(=O)O)c(Br)c1. The molecular weight excluding hydrogens is 647 g/mol. The zero-order valence-corrected chi connectivity index (χ0v) is 25.6. The zero-order chi connectivity index (χ0) is 26.9. The molecule has 2 aromatic carbocycles. The molecule has 0 unspecified atom stereocenters. The summed E-state index contributed by atoms with van der Waals surface area (Å²) in [5.74, 6) is -1.11. The average molecular weight is 687 g/mol. The van der Waals surface area contributed by atoms with Crippen LogP contribution in [-0.2, 0) is 22.7 Å². The van der Waals surface area contributed by atoms with Crippen LogP contribution in [0, 0.1) is 3.57 Å². The Balaban J connectivity index is 1.78. The van der Waals surface area contributed by atoms with E-state index in [1.54, 1.807) is 11.1 Å². The molecular formula is C29H40BrIN2O4. The summed E-state index contributed by atoms with van der Waals surface area (Å²) in [5.41, 5.74) is 2.52. The molecule has 6 nitrogen and oxygen atoms in total. The van der Waals surface area contributed by atoms with Gasteiger partial charge in [0.15, 0.2) is 6.61 Å². The number of halogens is 2. The van der Waals surface area contributed by atoms with Gasteiger partial charge in [-0.25, -0.2) is 4.79 Å². The van der Waals surface area contributed by atoms with Crippen LogP contribution in [0.5, 0.6) is 0 Å². The summed E-state index contributed by atoms with van der Waals surface area (Å²) in [6.45, 7) is 3.33. The summed E-state index contributed by atoms with van der Waals surface area (Å²) in [6.07, 6.45) is 12.7. The van der Waals surface area contributed by atoms with E-state index in [0.717, 1.165) is 32.0 Å². The molecule has 2 rings (SSSR count). The van der Waals surface area contributed by atoms with Crippen LogP contribution in [0.25, 0.3) is 0 Å². The molecule has 0 spiro atoms. The van der Waals surface area contributed by atoms with Gasteiger partial charge in [0.25, 0.3) is 5.91 Å². The number of rotatable bonds is 19. The minimum absolute atomic E-state index is 0.0824. The molecule has 2 N–H and O–H groups in total. The van der Waals surface area contributed by atoms with Crippen molar-refractivity contribution in [3.05, 3.63) is 67.2 Å². The van der Waals surface area contributed by atoms with Crippen LogP contribution in [0.4, 0.5) is 0 Å². The summed E-state index contributed by atoms with van der Waals surface area (Å²) in [7, 11) is 0. The highest BCUT2D eigenvalue weighted by molar-refractivity contribution is 14.1. The molecule has 1 amide bonds. The smallest absolute Gasteiger partial charge is 0.331 e. The van der Waals surface area contributed by atoms with Crippen molar-refractivity contribution in [3.63, 3.8) is 0 Å². The number of nitrogens with zero attached hydrogens (tertiary/aromatic N) is 1. The predicted molar refractivity (Wildman–Crippen MR) is 160 cm³/mol. The molecule has 0 heterocycles. The Bertz CT molecular complexity index is 955. The molecule has 204 valence electrons. The summed E-state index contributed by atoms with van der Waals surface area (Å²) >= 11 is 5.82. The van der Waals surface area contributed by atoms with E-state index in [0.29, 0.717) is 25.2 Å². The molecule has 0 aromatic heterocycles. The number of unbranched alkanes of at least 4 members (excludes halogenated alkanes) is 9. The number of amides is 1. The number of carbonyl (C=O) groups is 2. The number of benzene rings is 2. The Morgan fingerprint density at radius 2 is 1.54 bits per heavy atom. The fourth-order valence-corrected chi connectivity index (χ4v) is 4.87. The lowest BCUT2D eigenvalue weighted by molar-refractivity contribution is -0.190. The van der Waals surface area contributed by atoms with Crippen molar-refractivity contribution in [2.45, 2.75) is 84.2 Å². The van der Waals surface area contributed by atoms with Crippen molar-refractivity contribution < 1.29 is 19.5 Å². The number of hydrogen-bond donors (Lipinski definition) is 2. The minimum Gasteiger partial charge on any atom is -0.479 e. The quantitative estimate of drug-likeness (QED) is 0.0899. The number of carboxylic acid groups (broad SMARTS) is 1. The van der Waals surface area contributed by atoms with Crippen LogP contribution in [-0.4, -0.2) is 35.2 Å². The lowest BCUT2D eigenvalue weighted by Gasteiger charge is -2.22. The van der Waals surface area contributed by atoms with Crippen LogP contribution in [0.3, 0.4) is 0 Å². The zero-order valence-electron chi connectivity index (χ0n) is 21.8. The topological polar surface area (TPSA) is 78.9 Å². The van der Waals surface area contributed by atoms with Gasteiger partial charge in [-0.15, -0.1) is 0 Å². The molecule has 8 heteroatoms. The third kappa shape index (κ3) is 13.7. The fourth-order valence-electron chi connectivity index (χ4n) is 4.01. The maximum Gasteiger partial charge on any atom is 0.331 e. The minimum atomic E-state index is -1.03. The van der Waals surface area contributed by atoms with E-state index in [-0.39, 0.29) is 5.91 Å². The van der Waals surface area contributed by atoms with Gasteiger partial charge in [-0.1, -0.05) is 98.8 Å². The van der Waals surface area contributed by atoms with E-state index in [1.807, 2.05) is 36.4 Å². The average Bonchev–Trinajstić information content (AvgIpc) is 2.88. The Labute approximate surface area is 243 Å². The molecule has 2 aromatic rings. The molecule has 0 fully saturated rings. The van der Waals surface area contributed by atoms with Crippen molar-refractivity contribution in [2.24, 2.45) is 0 Å². The molecule has 0 bridgehead atoms. The van der Waals surface area contributed by atoms with E-state index in [4.69, 9.17) is 9.94 Å². The lowest BCUT2D eigenvalue weighted by Crippen LogP contribution is -2.27. The highest BCUT2D eigenvalue weighted by Crippen LogP contribution is 2.22. The first-order valence-electron chi connectivity index (χ1n) is 13.3. The molecule has 0 atom stereocenters. The van der Waals surface area contributed by atoms with E-state index in [1.165, 1.54) is 51.4 Å². The largest absolute Gasteiger partial charge is 0.479 e. The van der Waals surface area contributed by atoms with Crippen molar-refractivity contribution in [3.8, 4) is 0 Å². The number of hydroxylamine groups is 2. The number of carbonyl (C=O) groups excluding carboxylic acids is 1. The van der Waals surface area contributed by atoms with Gasteiger partial charge < -0.3 is 10.4 Å². The highest BCUT2D eigenvalue weighted by atomic mass is 127. The van der Waals surface area contributed by atoms with Crippen molar-refractivity contribution in [2.75, 3.05) is 13.2 Å². The maximum absolute atomic E-state index is 12.6. The predicted octanol–water partition coefficient (Wildman–Crippen LogP) is 7.72. The standard InChI is InChI=1S/C29H40BrIN2O4/c1-2-3-4-5-6-7-8-9-10-11-18-32-29(36)24-14-15-25(27(30)19-24)21-33(37-22-28(34)35)20-23-12-16-26(31)17-13-23/h12-17,19H,2-11,18,20-22H2,1H3,(H,32,36)(H,34,35). The van der Waals surface area contributed by atoms with Crippen molar-refractivity contribution >= 4 is 50.4 Å².